The topological polar surface area (TPSA) is 83.5 Å². The number of ether oxygens (including phenoxy) is 1. The number of pyridine rings is 1. The summed E-state index contributed by atoms with van der Waals surface area (Å²) >= 11 is 0. The van der Waals surface area contributed by atoms with Gasteiger partial charge in [-0.1, -0.05) is 0 Å². The van der Waals surface area contributed by atoms with E-state index in [9.17, 15) is 4.79 Å². The summed E-state index contributed by atoms with van der Waals surface area (Å²) < 4.78 is 5.02. The molecule has 0 unspecified atom stereocenters. The molecule has 0 aromatic carbocycles. The lowest BCUT2D eigenvalue weighted by Crippen LogP contribution is -2.48. The van der Waals surface area contributed by atoms with Crippen molar-refractivity contribution in [2.24, 2.45) is 0 Å². The molecule has 138 valence electrons. The molecule has 0 saturated carbocycles. The molecule has 26 heavy (non-hydrogen) atoms. The van der Waals surface area contributed by atoms with E-state index in [-0.39, 0.29) is 11.9 Å². The van der Waals surface area contributed by atoms with Gasteiger partial charge < -0.3 is 19.9 Å². The minimum Gasteiger partial charge on any atom is -0.481 e. The zero-order valence-corrected chi connectivity index (χ0v) is 15.3. The molecule has 1 N–H and O–H groups in total. The van der Waals surface area contributed by atoms with Gasteiger partial charge in [-0.3, -0.25) is 4.79 Å². The molecule has 2 aromatic heterocycles. The van der Waals surface area contributed by atoms with Crippen LogP contribution in [-0.4, -0.2) is 61.2 Å². The molecule has 1 aliphatic heterocycles. The predicted octanol–water partition coefficient (Wildman–Crippen LogP) is 1.34. The highest BCUT2D eigenvalue weighted by atomic mass is 16.5. The second-order valence-electron chi connectivity index (χ2n) is 6.48. The molecule has 3 rings (SSSR count). The Kier molecular flexibility index (Phi) is 5.50. The van der Waals surface area contributed by atoms with Gasteiger partial charge in [0.1, 0.15) is 18.0 Å². The first-order valence-electron chi connectivity index (χ1n) is 8.62. The number of rotatable bonds is 5. The summed E-state index contributed by atoms with van der Waals surface area (Å²) in [6.07, 6.45) is 5.04. The van der Waals surface area contributed by atoms with Crippen molar-refractivity contribution in [3.05, 3.63) is 36.3 Å². The largest absolute Gasteiger partial charge is 0.481 e. The highest BCUT2D eigenvalue weighted by Crippen LogP contribution is 2.20. The number of methoxy groups -OCH3 is 1. The Morgan fingerprint density at radius 2 is 2.15 bits per heavy atom. The molecule has 8 heteroatoms. The maximum Gasteiger partial charge on any atom is 0.253 e. The van der Waals surface area contributed by atoms with Crippen LogP contribution in [0.3, 0.4) is 0 Å². The van der Waals surface area contributed by atoms with Gasteiger partial charge >= 0.3 is 0 Å². The van der Waals surface area contributed by atoms with E-state index in [0.717, 1.165) is 37.6 Å². The fourth-order valence-electron chi connectivity index (χ4n) is 2.96. The Morgan fingerprint density at radius 1 is 1.31 bits per heavy atom. The number of hydrogen-bond donors (Lipinski definition) is 1. The van der Waals surface area contributed by atoms with E-state index in [1.165, 1.54) is 6.20 Å². The van der Waals surface area contributed by atoms with Gasteiger partial charge in [0.2, 0.25) is 5.88 Å². The van der Waals surface area contributed by atoms with Gasteiger partial charge in [-0.2, -0.15) is 0 Å². The van der Waals surface area contributed by atoms with Gasteiger partial charge in [-0.15, -0.1) is 0 Å². The second-order valence-corrected chi connectivity index (χ2v) is 6.48. The predicted molar refractivity (Wildman–Crippen MR) is 99.8 cm³/mol. The lowest BCUT2D eigenvalue weighted by atomic mass is 10.1. The van der Waals surface area contributed by atoms with Crippen LogP contribution >= 0.6 is 0 Å². The van der Waals surface area contributed by atoms with Crippen LogP contribution in [0.1, 0.15) is 23.2 Å². The SMILES string of the molecule is COc1ccc(C(=O)N[C@H]2CCCN(c3cc(N(C)C)ncn3)C2)cn1. The van der Waals surface area contributed by atoms with Gasteiger partial charge in [-0.25, -0.2) is 15.0 Å². The molecule has 1 atom stereocenters. The maximum absolute atomic E-state index is 12.5. The van der Waals surface area contributed by atoms with Crippen molar-refractivity contribution in [3.63, 3.8) is 0 Å². The first kappa shape index (κ1) is 17.9. The van der Waals surface area contributed by atoms with Crippen molar-refractivity contribution < 1.29 is 9.53 Å². The highest BCUT2D eigenvalue weighted by molar-refractivity contribution is 5.94. The van der Waals surface area contributed by atoms with Gasteiger partial charge in [0.15, 0.2) is 0 Å². The molecule has 2 aromatic rings. The molecule has 1 saturated heterocycles. The number of piperidine rings is 1. The molecule has 0 spiro atoms. The van der Waals surface area contributed by atoms with Crippen molar-refractivity contribution in [1.29, 1.82) is 0 Å². The van der Waals surface area contributed by atoms with E-state index in [1.54, 1.807) is 25.6 Å². The van der Waals surface area contributed by atoms with Crippen LogP contribution in [0.4, 0.5) is 11.6 Å². The lowest BCUT2D eigenvalue weighted by Gasteiger charge is -2.34. The summed E-state index contributed by atoms with van der Waals surface area (Å²) in [4.78, 5) is 29.3. The highest BCUT2D eigenvalue weighted by Gasteiger charge is 2.23. The van der Waals surface area contributed by atoms with Gasteiger partial charge in [0, 0.05) is 51.6 Å². The Balaban J connectivity index is 1.64. The third-order valence-corrected chi connectivity index (χ3v) is 4.38. The van der Waals surface area contributed by atoms with Crippen LogP contribution in [0.2, 0.25) is 0 Å². The summed E-state index contributed by atoms with van der Waals surface area (Å²) in [5.74, 6) is 2.12. The van der Waals surface area contributed by atoms with E-state index in [2.05, 4.69) is 25.2 Å². The number of aromatic nitrogens is 3. The molecule has 1 fully saturated rings. The third kappa shape index (κ3) is 4.19. The summed E-state index contributed by atoms with van der Waals surface area (Å²) in [6.45, 7) is 1.64. The van der Waals surface area contributed by atoms with Crippen molar-refractivity contribution >= 4 is 17.5 Å². The summed E-state index contributed by atoms with van der Waals surface area (Å²) in [5.41, 5.74) is 0.528. The van der Waals surface area contributed by atoms with Crippen molar-refractivity contribution in [2.45, 2.75) is 18.9 Å². The third-order valence-electron chi connectivity index (χ3n) is 4.38. The zero-order valence-electron chi connectivity index (χ0n) is 15.3. The lowest BCUT2D eigenvalue weighted by molar-refractivity contribution is 0.0932. The zero-order chi connectivity index (χ0) is 18.5. The fourth-order valence-corrected chi connectivity index (χ4v) is 2.96. The number of nitrogens with zero attached hydrogens (tertiary/aromatic N) is 5. The second kappa shape index (κ2) is 7.99. The molecule has 1 amide bonds. The number of carbonyl (C=O) groups is 1. The van der Waals surface area contributed by atoms with Crippen LogP contribution in [0.15, 0.2) is 30.7 Å². The van der Waals surface area contributed by atoms with Crippen LogP contribution < -0.4 is 19.9 Å². The molecule has 0 radical (unpaired) electrons. The average Bonchev–Trinajstić information content (AvgIpc) is 2.68. The average molecular weight is 356 g/mol. The first-order valence-corrected chi connectivity index (χ1v) is 8.62. The van der Waals surface area contributed by atoms with E-state index in [0.29, 0.717) is 11.4 Å². The minimum absolute atomic E-state index is 0.0659. The Labute approximate surface area is 153 Å². The summed E-state index contributed by atoms with van der Waals surface area (Å²) in [5, 5.41) is 3.09. The van der Waals surface area contributed by atoms with E-state index in [4.69, 9.17) is 4.74 Å². The molecule has 3 heterocycles. The van der Waals surface area contributed by atoms with Gasteiger partial charge in [0.25, 0.3) is 5.91 Å². The Hall–Kier alpha value is -2.90. The standard InChI is InChI=1S/C18H24N6O2/c1-23(2)15-9-16(21-12-20-15)24-8-4-5-14(11-24)22-18(25)13-6-7-17(26-3)19-10-13/h6-7,9-10,12,14H,4-5,8,11H2,1-3H3,(H,22,25)/t14-/m0/s1. The molecule has 8 nitrogen and oxygen atoms in total. The van der Waals surface area contributed by atoms with Crippen molar-refractivity contribution in [1.82, 2.24) is 20.3 Å². The Bertz CT molecular complexity index is 750. The fraction of sp³-hybridized carbons (Fsp3) is 0.444. The minimum atomic E-state index is -0.122. The molecule has 1 aliphatic rings. The van der Waals surface area contributed by atoms with E-state index >= 15 is 0 Å². The van der Waals surface area contributed by atoms with Crippen LogP contribution in [0.5, 0.6) is 5.88 Å². The van der Waals surface area contributed by atoms with E-state index < -0.39 is 0 Å². The number of anilines is 2. The number of carbonyl (C=O) groups excluding carboxylic acids is 1. The number of hydrogen-bond acceptors (Lipinski definition) is 7. The number of amides is 1. The van der Waals surface area contributed by atoms with Gasteiger partial charge in [-0.05, 0) is 18.9 Å². The van der Waals surface area contributed by atoms with Crippen molar-refractivity contribution in [2.75, 3.05) is 44.1 Å². The van der Waals surface area contributed by atoms with Crippen LogP contribution in [-0.2, 0) is 0 Å². The van der Waals surface area contributed by atoms with Crippen LogP contribution in [0, 0.1) is 0 Å². The first-order chi connectivity index (χ1) is 12.6. The number of nitrogens with one attached hydrogen (secondary N) is 1. The maximum atomic E-state index is 12.5. The normalized spacial score (nSPS) is 16.9. The smallest absolute Gasteiger partial charge is 0.253 e. The molecule has 0 aliphatic carbocycles. The van der Waals surface area contributed by atoms with Gasteiger partial charge in [0.05, 0.1) is 12.7 Å². The van der Waals surface area contributed by atoms with Crippen molar-refractivity contribution in [3.8, 4) is 5.88 Å². The Morgan fingerprint density at radius 3 is 2.85 bits per heavy atom. The molecule has 0 bridgehead atoms. The van der Waals surface area contributed by atoms with Crippen LogP contribution in [0.25, 0.3) is 0 Å². The van der Waals surface area contributed by atoms with E-state index in [1.807, 2.05) is 25.1 Å². The molecular weight excluding hydrogens is 332 g/mol. The quantitative estimate of drug-likeness (QED) is 0.865. The summed E-state index contributed by atoms with van der Waals surface area (Å²) in [6, 6.07) is 5.44. The summed E-state index contributed by atoms with van der Waals surface area (Å²) in [7, 11) is 5.45. The molecular formula is C18H24N6O2. The monoisotopic (exact) mass is 356 g/mol.